The van der Waals surface area contributed by atoms with Gasteiger partial charge in [-0.25, -0.2) is 0 Å². The van der Waals surface area contributed by atoms with Gasteiger partial charge >= 0.3 is 0 Å². The number of fused-ring (bicyclic) bond motifs is 3. The summed E-state index contributed by atoms with van der Waals surface area (Å²) in [7, 11) is 0. The second-order valence-corrected chi connectivity index (χ2v) is 6.03. The fourth-order valence-electron chi connectivity index (χ4n) is 2.44. The maximum atomic E-state index is 8.52. The molecule has 6 heteroatoms. The van der Waals surface area contributed by atoms with E-state index in [9.17, 15) is 0 Å². The largest absolute Gasteiger partial charge is 0.264 e. The van der Waals surface area contributed by atoms with Crippen LogP contribution in [-0.4, -0.2) is 15.8 Å². The van der Waals surface area contributed by atoms with Crippen molar-refractivity contribution in [1.82, 2.24) is 9.78 Å². The van der Waals surface area contributed by atoms with Crippen LogP contribution in [0.15, 0.2) is 29.5 Å². The van der Waals surface area contributed by atoms with Crippen LogP contribution in [0.1, 0.15) is 18.7 Å². The van der Waals surface area contributed by atoms with Gasteiger partial charge in [-0.1, -0.05) is 19.0 Å². The van der Waals surface area contributed by atoms with Gasteiger partial charge in [-0.15, -0.1) is 11.3 Å². The van der Waals surface area contributed by atoms with Crippen LogP contribution in [0.5, 0.6) is 0 Å². The molecule has 2 heterocycles. The molecule has 0 saturated carbocycles. The topological polar surface area (TPSA) is 66.6 Å². The summed E-state index contributed by atoms with van der Waals surface area (Å²) in [4.78, 5) is 4.24. The van der Waals surface area contributed by atoms with Crippen molar-refractivity contribution in [3.63, 3.8) is 0 Å². The Morgan fingerprint density at radius 1 is 1.50 bits per heavy atom. The van der Waals surface area contributed by atoms with Crippen LogP contribution in [0, 0.1) is 0 Å². The Morgan fingerprint density at radius 3 is 3.10 bits per heavy atom. The van der Waals surface area contributed by atoms with Gasteiger partial charge in [0.05, 0.1) is 17.8 Å². The minimum Gasteiger partial charge on any atom is -0.264 e. The monoisotopic (exact) mass is 285 g/mol. The number of benzene rings is 1. The highest BCUT2D eigenvalue weighted by Crippen LogP contribution is 2.32. The lowest BCUT2D eigenvalue weighted by Crippen LogP contribution is -2.10. The molecule has 2 aromatic heterocycles. The van der Waals surface area contributed by atoms with E-state index in [0.29, 0.717) is 6.54 Å². The molecule has 20 heavy (non-hydrogen) atoms. The van der Waals surface area contributed by atoms with Gasteiger partial charge in [-0.05, 0) is 30.2 Å². The molecule has 3 aromatic rings. The fourth-order valence-corrected chi connectivity index (χ4v) is 3.44. The Labute approximate surface area is 120 Å². The van der Waals surface area contributed by atoms with Crippen LogP contribution in [0.2, 0.25) is 0 Å². The minimum atomic E-state index is -0.109. The number of azide groups is 1. The Balaban J connectivity index is 2.17. The zero-order chi connectivity index (χ0) is 14.1. The summed E-state index contributed by atoms with van der Waals surface area (Å²) in [5.74, 6) is 0. The van der Waals surface area contributed by atoms with E-state index < -0.39 is 0 Å². The van der Waals surface area contributed by atoms with E-state index in [0.717, 1.165) is 17.3 Å². The Hall–Kier alpha value is -2.04. The molecule has 1 atom stereocenters. The number of aryl methyl sites for hydroxylation is 1. The number of hydrogen-bond donors (Lipinski definition) is 0. The molecule has 5 nitrogen and oxygen atoms in total. The van der Waals surface area contributed by atoms with Gasteiger partial charge in [-0.2, -0.15) is 5.10 Å². The number of thiophene rings is 1. The molecular formula is C14H15N5S. The van der Waals surface area contributed by atoms with E-state index in [1.807, 2.05) is 29.1 Å². The molecule has 0 aliphatic heterocycles. The highest BCUT2D eigenvalue weighted by atomic mass is 32.1. The first-order valence-corrected chi connectivity index (χ1v) is 7.45. The number of aromatic nitrogens is 2. The van der Waals surface area contributed by atoms with Crippen molar-refractivity contribution in [2.45, 2.75) is 32.9 Å². The summed E-state index contributed by atoms with van der Waals surface area (Å²) in [6.07, 6.45) is 2.92. The molecule has 0 aliphatic rings. The third-order valence-corrected chi connectivity index (χ3v) is 4.63. The van der Waals surface area contributed by atoms with Crippen LogP contribution in [0.4, 0.5) is 0 Å². The zero-order valence-corrected chi connectivity index (χ0v) is 12.3. The molecular weight excluding hydrogens is 270 g/mol. The molecule has 0 amide bonds. The lowest BCUT2D eigenvalue weighted by molar-refractivity contribution is 0.552. The standard InChI is InChI=1S/C14H15N5S/c1-3-11-6-12-13(20-11)5-4-10-7-16-19(14(10)12)8-9(2)17-18-15/h4-7,9H,3,8H2,1-2H3/t9-/m0/s1. The third kappa shape index (κ3) is 2.13. The van der Waals surface area contributed by atoms with Gasteiger partial charge < -0.3 is 0 Å². The molecule has 0 spiro atoms. The molecule has 0 N–H and O–H groups in total. The second kappa shape index (κ2) is 5.15. The highest BCUT2D eigenvalue weighted by molar-refractivity contribution is 7.19. The van der Waals surface area contributed by atoms with E-state index in [4.69, 9.17) is 5.53 Å². The van der Waals surface area contributed by atoms with Crippen LogP contribution in [-0.2, 0) is 13.0 Å². The van der Waals surface area contributed by atoms with Crippen molar-refractivity contribution in [2.24, 2.45) is 5.11 Å². The molecule has 0 bridgehead atoms. The Morgan fingerprint density at radius 2 is 2.35 bits per heavy atom. The van der Waals surface area contributed by atoms with E-state index in [-0.39, 0.29) is 6.04 Å². The number of rotatable bonds is 4. The predicted molar refractivity (Wildman–Crippen MR) is 83.1 cm³/mol. The molecule has 1 aromatic carbocycles. The van der Waals surface area contributed by atoms with Crippen molar-refractivity contribution in [1.29, 1.82) is 0 Å². The first kappa shape index (κ1) is 13.0. The maximum Gasteiger partial charge on any atom is 0.0769 e. The molecule has 3 rings (SSSR count). The molecule has 0 saturated heterocycles. The van der Waals surface area contributed by atoms with Gasteiger partial charge in [-0.3, -0.25) is 4.68 Å². The normalized spacial score (nSPS) is 12.7. The number of hydrogen-bond acceptors (Lipinski definition) is 3. The Bertz CT molecular complexity index is 810. The molecule has 0 aliphatic carbocycles. The minimum absolute atomic E-state index is 0.109. The van der Waals surface area contributed by atoms with Gasteiger partial charge in [0.15, 0.2) is 0 Å². The summed E-state index contributed by atoms with van der Waals surface area (Å²) in [5, 5.41) is 10.5. The van der Waals surface area contributed by atoms with Crippen molar-refractivity contribution < 1.29 is 0 Å². The number of nitrogens with zero attached hydrogens (tertiary/aromatic N) is 5. The SMILES string of the molecule is CCc1cc2c(ccc3cnn(C[C@H](C)N=[N+]=[N-])c32)s1. The highest BCUT2D eigenvalue weighted by Gasteiger charge is 2.11. The molecule has 0 fully saturated rings. The van der Waals surface area contributed by atoms with E-state index in [1.165, 1.54) is 15.0 Å². The maximum absolute atomic E-state index is 8.52. The second-order valence-electron chi connectivity index (χ2n) is 4.86. The van der Waals surface area contributed by atoms with Gasteiger partial charge in [0.1, 0.15) is 0 Å². The Kier molecular flexibility index (Phi) is 3.34. The average Bonchev–Trinajstić information content (AvgIpc) is 3.02. The summed E-state index contributed by atoms with van der Waals surface area (Å²) in [5.41, 5.74) is 9.65. The van der Waals surface area contributed by atoms with E-state index >= 15 is 0 Å². The van der Waals surface area contributed by atoms with Crippen LogP contribution < -0.4 is 0 Å². The molecule has 102 valence electrons. The van der Waals surface area contributed by atoms with Crippen molar-refractivity contribution in [3.8, 4) is 0 Å². The predicted octanol–water partition coefficient (Wildman–Crippen LogP) is 4.51. The zero-order valence-electron chi connectivity index (χ0n) is 11.4. The lowest BCUT2D eigenvalue weighted by Gasteiger charge is -2.07. The van der Waals surface area contributed by atoms with Crippen molar-refractivity contribution >= 4 is 32.3 Å². The van der Waals surface area contributed by atoms with Crippen LogP contribution in [0.3, 0.4) is 0 Å². The van der Waals surface area contributed by atoms with E-state index in [2.05, 4.69) is 40.2 Å². The molecule has 0 radical (unpaired) electrons. The van der Waals surface area contributed by atoms with Gasteiger partial charge in [0.25, 0.3) is 0 Å². The summed E-state index contributed by atoms with van der Waals surface area (Å²) in [6.45, 7) is 4.67. The van der Waals surface area contributed by atoms with Crippen molar-refractivity contribution in [2.75, 3.05) is 0 Å². The van der Waals surface area contributed by atoms with Crippen LogP contribution >= 0.6 is 11.3 Å². The quantitative estimate of drug-likeness (QED) is 0.395. The first-order valence-electron chi connectivity index (χ1n) is 6.64. The van der Waals surface area contributed by atoms with Gasteiger partial charge in [0, 0.05) is 31.8 Å². The van der Waals surface area contributed by atoms with Crippen molar-refractivity contribution in [3.05, 3.63) is 39.7 Å². The first-order chi connectivity index (χ1) is 9.72. The summed E-state index contributed by atoms with van der Waals surface area (Å²) < 4.78 is 3.23. The smallest absolute Gasteiger partial charge is 0.0769 e. The molecule has 0 unspecified atom stereocenters. The third-order valence-electron chi connectivity index (χ3n) is 3.38. The summed E-state index contributed by atoms with van der Waals surface area (Å²) >= 11 is 1.83. The van der Waals surface area contributed by atoms with E-state index in [1.54, 1.807) is 0 Å². The fraction of sp³-hybridized carbons (Fsp3) is 0.357. The summed E-state index contributed by atoms with van der Waals surface area (Å²) in [6, 6.07) is 6.40. The lowest BCUT2D eigenvalue weighted by atomic mass is 10.2. The average molecular weight is 285 g/mol. The van der Waals surface area contributed by atoms with Crippen LogP contribution in [0.25, 0.3) is 31.4 Å². The van der Waals surface area contributed by atoms with Gasteiger partial charge in [0.2, 0.25) is 0 Å².